The molecule has 0 fully saturated rings. The van der Waals surface area contributed by atoms with Crippen molar-refractivity contribution in [3.63, 3.8) is 0 Å². The monoisotopic (exact) mass is 230 g/mol. The third kappa shape index (κ3) is 2.55. The summed E-state index contributed by atoms with van der Waals surface area (Å²) in [6.07, 6.45) is 2.00. The third-order valence-corrected chi connectivity index (χ3v) is 2.49. The van der Waals surface area contributed by atoms with Crippen molar-refractivity contribution >= 4 is 5.78 Å². The van der Waals surface area contributed by atoms with Crippen LogP contribution in [0.5, 0.6) is 0 Å². The molecule has 5 heteroatoms. The lowest BCUT2D eigenvalue weighted by atomic mass is 10.1. The molecule has 0 unspecified atom stereocenters. The number of aromatic nitrogens is 4. The minimum absolute atomic E-state index is 0.133. The van der Waals surface area contributed by atoms with Gasteiger partial charge in [0.25, 0.3) is 0 Å². The Kier molecular flexibility index (Phi) is 3.59. The lowest BCUT2D eigenvalue weighted by molar-refractivity contribution is 0.102. The number of nitrogens with zero attached hydrogens (tertiary/aromatic N) is 4. The van der Waals surface area contributed by atoms with Crippen LogP contribution in [0.25, 0.3) is 0 Å². The van der Waals surface area contributed by atoms with Gasteiger partial charge in [-0.05, 0) is 16.8 Å². The topological polar surface area (TPSA) is 60.7 Å². The first-order chi connectivity index (χ1) is 8.33. The van der Waals surface area contributed by atoms with Crippen LogP contribution >= 0.6 is 0 Å². The summed E-state index contributed by atoms with van der Waals surface area (Å²) in [5, 5.41) is 11.2. The summed E-state index contributed by atoms with van der Waals surface area (Å²) in [4.78, 5) is 12.1. The first kappa shape index (κ1) is 11.4. The third-order valence-electron chi connectivity index (χ3n) is 2.49. The Morgan fingerprint density at radius 3 is 2.76 bits per heavy atom. The standard InChI is InChI=1S/C12H14N4O/c1-2-3-9-16-12(13-14-15-16)11(17)10-7-5-4-6-8-10/h4-8H,2-3,9H2,1H3. The molecule has 0 bridgehead atoms. The van der Waals surface area contributed by atoms with Gasteiger partial charge in [-0.2, -0.15) is 0 Å². The van der Waals surface area contributed by atoms with Gasteiger partial charge < -0.3 is 0 Å². The molecule has 1 aromatic heterocycles. The van der Waals surface area contributed by atoms with Gasteiger partial charge in [-0.1, -0.05) is 43.7 Å². The van der Waals surface area contributed by atoms with E-state index in [1.165, 1.54) is 0 Å². The van der Waals surface area contributed by atoms with E-state index in [4.69, 9.17) is 0 Å². The van der Waals surface area contributed by atoms with E-state index in [-0.39, 0.29) is 5.78 Å². The minimum Gasteiger partial charge on any atom is -0.285 e. The maximum atomic E-state index is 12.1. The molecule has 0 atom stereocenters. The number of hydrogen-bond acceptors (Lipinski definition) is 4. The van der Waals surface area contributed by atoms with Crippen LogP contribution in [0.3, 0.4) is 0 Å². The van der Waals surface area contributed by atoms with Crippen molar-refractivity contribution in [2.45, 2.75) is 26.3 Å². The predicted octanol–water partition coefficient (Wildman–Crippen LogP) is 1.70. The van der Waals surface area contributed by atoms with Gasteiger partial charge in [0.15, 0.2) is 0 Å². The molecule has 0 N–H and O–H groups in total. The number of tetrazole rings is 1. The lowest BCUT2D eigenvalue weighted by Gasteiger charge is -2.02. The van der Waals surface area contributed by atoms with Crippen LogP contribution in [0.1, 0.15) is 35.9 Å². The molecule has 0 aliphatic rings. The van der Waals surface area contributed by atoms with Gasteiger partial charge in [-0.3, -0.25) is 4.79 Å². The molecule has 17 heavy (non-hydrogen) atoms. The van der Waals surface area contributed by atoms with Gasteiger partial charge in [0.2, 0.25) is 11.6 Å². The fourth-order valence-corrected chi connectivity index (χ4v) is 1.54. The second-order valence-electron chi connectivity index (χ2n) is 3.77. The molecule has 0 spiro atoms. The molecular weight excluding hydrogens is 216 g/mol. The quantitative estimate of drug-likeness (QED) is 0.733. The van der Waals surface area contributed by atoms with E-state index >= 15 is 0 Å². The first-order valence-corrected chi connectivity index (χ1v) is 5.69. The molecule has 0 amide bonds. The van der Waals surface area contributed by atoms with Crippen molar-refractivity contribution in [3.05, 3.63) is 41.7 Å². The fraction of sp³-hybridized carbons (Fsp3) is 0.333. The average molecular weight is 230 g/mol. The Morgan fingerprint density at radius 2 is 2.06 bits per heavy atom. The molecule has 88 valence electrons. The van der Waals surface area contributed by atoms with Gasteiger partial charge >= 0.3 is 0 Å². The highest BCUT2D eigenvalue weighted by Crippen LogP contribution is 2.06. The SMILES string of the molecule is CCCCn1nnnc1C(=O)c1ccccc1. The number of unbranched alkanes of at least 4 members (excludes halogenated alkanes) is 1. The molecule has 0 radical (unpaired) electrons. The molecule has 1 heterocycles. The zero-order valence-corrected chi connectivity index (χ0v) is 9.71. The normalized spacial score (nSPS) is 10.4. The van der Waals surface area contributed by atoms with Crippen molar-refractivity contribution in [3.8, 4) is 0 Å². The van der Waals surface area contributed by atoms with Crippen molar-refractivity contribution in [1.29, 1.82) is 0 Å². The number of carbonyl (C=O) groups is 1. The highest BCUT2D eigenvalue weighted by Gasteiger charge is 2.16. The predicted molar refractivity (Wildman–Crippen MR) is 62.6 cm³/mol. The Labute approximate surface area is 99.5 Å². The highest BCUT2D eigenvalue weighted by molar-refractivity contribution is 6.06. The second kappa shape index (κ2) is 5.34. The zero-order chi connectivity index (χ0) is 12.1. The molecule has 5 nitrogen and oxygen atoms in total. The Hall–Kier alpha value is -2.04. The molecular formula is C12H14N4O. The van der Waals surface area contributed by atoms with Crippen LogP contribution in [0.4, 0.5) is 0 Å². The van der Waals surface area contributed by atoms with Gasteiger partial charge in [0, 0.05) is 12.1 Å². The van der Waals surface area contributed by atoms with E-state index < -0.39 is 0 Å². The van der Waals surface area contributed by atoms with E-state index in [9.17, 15) is 4.79 Å². The Morgan fingerprint density at radius 1 is 1.29 bits per heavy atom. The summed E-state index contributed by atoms with van der Waals surface area (Å²) < 4.78 is 1.57. The van der Waals surface area contributed by atoms with Crippen LogP contribution in [0, 0.1) is 0 Å². The number of carbonyl (C=O) groups excluding carboxylic acids is 1. The van der Waals surface area contributed by atoms with E-state index in [0.717, 1.165) is 12.8 Å². The molecule has 0 saturated heterocycles. The number of hydrogen-bond donors (Lipinski definition) is 0. The maximum Gasteiger partial charge on any atom is 0.231 e. The van der Waals surface area contributed by atoms with E-state index in [0.29, 0.717) is 17.9 Å². The molecule has 0 aliphatic heterocycles. The maximum absolute atomic E-state index is 12.1. The Bertz CT molecular complexity index is 492. The summed E-state index contributed by atoms with van der Waals surface area (Å²) in [6, 6.07) is 9.06. The van der Waals surface area contributed by atoms with Crippen LogP contribution in [0.15, 0.2) is 30.3 Å². The average Bonchev–Trinajstić information content (AvgIpc) is 2.84. The molecule has 0 saturated carbocycles. The largest absolute Gasteiger partial charge is 0.285 e. The van der Waals surface area contributed by atoms with E-state index in [1.807, 2.05) is 18.2 Å². The van der Waals surface area contributed by atoms with Crippen molar-refractivity contribution in [1.82, 2.24) is 20.2 Å². The zero-order valence-electron chi connectivity index (χ0n) is 9.71. The van der Waals surface area contributed by atoms with E-state index in [2.05, 4.69) is 22.4 Å². The molecule has 2 rings (SSSR count). The summed E-state index contributed by atoms with van der Waals surface area (Å²) >= 11 is 0. The van der Waals surface area contributed by atoms with Crippen LogP contribution in [-0.2, 0) is 6.54 Å². The molecule has 0 aliphatic carbocycles. The van der Waals surface area contributed by atoms with Crippen LogP contribution in [0.2, 0.25) is 0 Å². The summed E-state index contributed by atoms with van der Waals surface area (Å²) in [5.41, 5.74) is 0.611. The lowest BCUT2D eigenvalue weighted by Crippen LogP contribution is -2.12. The second-order valence-corrected chi connectivity index (χ2v) is 3.77. The minimum atomic E-state index is -0.133. The molecule has 1 aromatic carbocycles. The van der Waals surface area contributed by atoms with Gasteiger partial charge in [0.1, 0.15) is 0 Å². The number of benzene rings is 1. The van der Waals surface area contributed by atoms with E-state index in [1.54, 1.807) is 16.8 Å². The first-order valence-electron chi connectivity index (χ1n) is 5.69. The van der Waals surface area contributed by atoms with Gasteiger partial charge in [-0.15, -0.1) is 5.10 Å². The van der Waals surface area contributed by atoms with Crippen molar-refractivity contribution in [2.24, 2.45) is 0 Å². The Balaban J connectivity index is 2.23. The smallest absolute Gasteiger partial charge is 0.231 e. The van der Waals surface area contributed by atoms with Gasteiger partial charge in [0.05, 0.1) is 0 Å². The van der Waals surface area contributed by atoms with Crippen LogP contribution in [-0.4, -0.2) is 26.0 Å². The van der Waals surface area contributed by atoms with Crippen molar-refractivity contribution < 1.29 is 4.79 Å². The number of rotatable bonds is 5. The summed E-state index contributed by atoms with van der Waals surface area (Å²) in [5.74, 6) is 0.177. The molecule has 2 aromatic rings. The fourth-order valence-electron chi connectivity index (χ4n) is 1.54. The summed E-state index contributed by atoms with van der Waals surface area (Å²) in [6.45, 7) is 2.76. The summed E-state index contributed by atoms with van der Waals surface area (Å²) in [7, 11) is 0. The number of aryl methyl sites for hydroxylation is 1. The highest BCUT2D eigenvalue weighted by atomic mass is 16.1. The van der Waals surface area contributed by atoms with Crippen LogP contribution < -0.4 is 0 Å². The van der Waals surface area contributed by atoms with Gasteiger partial charge in [-0.25, -0.2) is 4.68 Å². The van der Waals surface area contributed by atoms with Crippen molar-refractivity contribution in [2.75, 3.05) is 0 Å². The number of ketones is 1.